The van der Waals surface area contributed by atoms with Crippen molar-refractivity contribution in [3.63, 3.8) is 0 Å². The van der Waals surface area contributed by atoms with Crippen molar-refractivity contribution in [3.05, 3.63) is 28.8 Å². The zero-order valence-electron chi connectivity index (χ0n) is 10.5. The van der Waals surface area contributed by atoms with E-state index in [2.05, 4.69) is 4.74 Å². The van der Waals surface area contributed by atoms with Gasteiger partial charge in [-0.2, -0.15) is 13.2 Å². The molecule has 0 fully saturated rings. The number of methoxy groups -OCH3 is 1. The van der Waals surface area contributed by atoms with Crippen molar-refractivity contribution < 1.29 is 32.9 Å². The van der Waals surface area contributed by atoms with E-state index < -0.39 is 23.3 Å². The fraction of sp³-hybridized carbons (Fsp3) is 0.417. The molecule has 1 rings (SSSR count). The molecule has 0 heterocycles. The van der Waals surface area contributed by atoms with E-state index in [0.29, 0.717) is 0 Å². The van der Waals surface area contributed by atoms with E-state index in [0.717, 1.165) is 19.2 Å². The predicted octanol–water partition coefficient (Wildman–Crippen LogP) is 1.93. The number of rotatable bonds is 2. The SMILES string of the molecule is COC(=O)[C@@](O)(c1cc(C)c(O)c(C)c1)C(F)(F)F. The first kappa shape index (κ1) is 15.3. The number of hydrogen-bond acceptors (Lipinski definition) is 4. The van der Waals surface area contributed by atoms with Gasteiger partial charge in [-0.1, -0.05) is 0 Å². The fourth-order valence-corrected chi connectivity index (χ4v) is 1.71. The van der Waals surface area contributed by atoms with Crippen LogP contribution in [0.3, 0.4) is 0 Å². The molecule has 0 aliphatic rings. The Morgan fingerprint density at radius 2 is 1.63 bits per heavy atom. The van der Waals surface area contributed by atoms with Gasteiger partial charge >= 0.3 is 12.1 Å². The molecule has 0 aromatic heterocycles. The number of carbonyl (C=O) groups excluding carboxylic acids is 1. The minimum absolute atomic E-state index is 0.113. The molecule has 1 aromatic carbocycles. The molecule has 0 amide bonds. The highest BCUT2D eigenvalue weighted by Gasteiger charge is 2.62. The Kier molecular flexibility index (Phi) is 3.81. The average Bonchev–Trinajstić information content (AvgIpc) is 2.31. The molecule has 1 atom stereocenters. The maximum atomic E-state index is 13.0. The van der Waals surface area contributed by atoms with E-state index >= 15 is 0 Å². The number of ether oxygens (including phenoxy) is 1. The number of aryl methyl sites for hydroxylation is 2. The van der Waals surface area contributed by atoms with Crippen molar-refractivity contribution >= 4 is 5.97 Å². The van der Waals surface area contributed by atoms with Crippen LogP contribution in [0.4, 0.5) is 13.2 Å². The molecule has 0 saturated carbocycles. The third-order valence-electron chi connectivity index (χ3n) is 2.80. The zero-order chi connectivity index (χ0) is 15.0. The van der Waals surface area contributed by atoms with Crippen LogP contribution >= 0.6 is 0 Å². The van der Waals surface area contributed by atoms with Crippen molar-refractivity contribution in [1.29, 1.82) is 0 Å². The summed E-state index contributed by atoms with van der Waals surface area (Å²) in [7, 11) is 0.749. The van der Waals surface area contributed by atoms with Gasteiger partial charge in [0.2, 0.25) is 0 Å². The number of halogens is 3. The largest absolute Gasteiger partial charge is 0.507 e. The van der Waals surface area contributed by atoms with E-state index in [1.165, 1.54) is 13.8 Å². The molecule has 0 bridgehead atoms. The monoisotopic (exact) mass is 278 g/mol. The van der Waals surface area contributed by atoms with Crippen molar-refractivity contribution in [2.45, 2.75) is 25.6 Å². The van der Waals surface area contributed by atoms with Gasteiger partial charge in [-0.25, -0.2) is 4.79 Å². The summed E-state index contributed by atoms with van der Waals surface area (Å²) in [6, 6.07) is 1.79. The lowest BCUT2D eigenvalue weighted by atomic mass is 9.90. The van der Waals surface area contributed by atoms with Crippen LogP contribution in [0.1, 0.15) is 16.7 Å². The minimum Gasteiger partial charge on any atom is -0.507 e. The lowest BCUT2D eigenvalue weighted by molar-refractivity contribution is -0.266. The lowest BCUT2D eigenvalue weighted by Gasteiger charge is -2.28. The smallest absolute Gasteiger partial charge is 0.432 e. The number of esters is 1. The molecular formula is C12H13F3O4. The quantitative estimate of drug-likeness (QED) is 0.811. The highest BCUT2D eigenvalue weighted by atomic mass is 19.4. The summed E-state index contributed by atoms with van der Waals surface area (Å²) in [5.74, 6) is -2.03. The number of hydrogen-bond donors (Lipinski definition) is 2. The number of alkyl halides is 3. The maximum absolute atomic E-state index is 13.0. The van der Waals surface area contributed by atoms with E-state index in [1.54, 1.807) is 0 Å². The van der Waals surface area contributed by atoms with Crippen LogP contribution in [0.15, 0.2) is 12.1 Å². The molecule has 0 spiro atoms. The number of phenols is 1. The zero-order valence-corrected chi connectivity index (χ0v) is 10.5. The Bertz CT molecular complexity index is 487. The van der Waals surface area contributed by atoms with Gasteiger partial charge in [0, 0.05) is 5.56 Å². The molecule has 0 aliphatic carbocycles. The number of benzene rings is 1. The predicted molar refractivity (Wildman–Crippen MR) is 59.5 cm³/mol. The summed E-state index contributed by atoms with van der Waals surface area (Å²) < 4.78 is 43.0. The van der Waals surface area contributed by atoms with E-state index in [9.17, 15) is 28.2 Å². The van der Waals surface area contributed by atoms with Gasteiger partial charge in [0.15, 0.2) is 0 Å². The molecule has 7 heteroatoms. The second kappa shape index (κ2) is 4.73. The Balaban J connectivity index is 3.56. The Morgan fingerprint density at radius 1 is 1.21 bits per heavy atom. The van der Waals surface area contributed by atoms with Crippen LogP contribution in [0.2, 0.25) is 0 Å². The summed E-state index contributed by atoms with van der Waals surface area (Å²) in [6.07, 6.45) is -5.24. The van der Waals surface area contributed by atoms with Crippen LogP contribution in [-0.4, -0.2) is 29.5 Å². The van der Waals surface area contributed by atoms with Crippen LogP contribution in [0.5, 0.6) is 5.75 Å². The molecule has 1 aromatic rings. The summed E-state index contributed by atoms with van der Waals surface area (Å²) in [5.41, 5.74) is -4.23. The number of carbonyl (C=O) groups is 1. The van der Waals surface area contributed by atoms with Gasteiger partial charge in [0.25, 0.3) is 5.60 Å². The standard InChI is InChI=1S/C12H13F3O4/c1-6-4-8(5-7(2)9(6)16)11(18,10(17)19-3)12(13,14)15/h4-5,16,18H,1-3H3/t11-/m0/s1. The minimum atomic E-state index is -5.24. The van der Waals surface area contributed by atoms with Gasteiger partial charge < -0.3 is 14.9 Å². The van der Waals surface area contributed by atoms with Crippen LogP contribution < -0.4 is 0 Å². The number of aliphatic hydroxyl groups is 1. The molecule has 2 N–H and O–H groups in total. The second-order valence-electron chi connectivity index (χ2n) is 4.16. The average molecular weight is 278 g/mol. The van der Waals surface area contributed by atoms with Gasteiger partial charge in [-0.15, -0.1) is 0 Å². The first-order valence-corrected chi connectivity index (χ1v) is 5.24. The number of phenolic OH excluding ortho intramolecular Hbond substituents is 1. The van der Waals surface area contributed by atoms with Gasteiger partial charge in [-0.05, 0) is 37.1 Å². The molecule has 0 radical (unpaired) electrons. The molecule has 0 unspecified atom stereocenters. The summed E-state index contributed by atoms with van der Waals surface area (Å²) in [6.45, 7) is 2.72. The number of aromatic hydroxyl groups is 1. The topological polar surface area (TPSA) is 66.8 Å². The maximum Gasteiger partial charge on any atom is 0.432 e. The van der Waals surface area contributed by atoms with Gasteiger partial charge in [0.05, 0.1) is 7.11 Å². The normalized spacial score (nSPS) is 14.9. The molecule has 0 saturated heterocycles. The second-order valence-corrected chi connectivity index (χ2v) is 4.16. The van der Waals surface area contributed by atoms with Crippen LogP contribution in [0, 0.1) is 13.8 Å². The summed E-state index contributed by atoms with van der Waals surface area (Å²) in [5, 5.41) is 19.3. The first-order valence-electron chi connectivity index (χ1n) is 5.24. The van der Waals surface area contributed by atoms with E-state index in [1.807, 2.05) is 0 Å². The molecule has 4 nitrogen and oxygen atoms in total. The Labute approximate surface area is 107 Å². The first-order chi connectivity index (χ1) is 8.55. The highest BCUT2D eigenvalue weighted by molar-refractivity contribution is 5.82. The van der Waals surface area contributed by atoms with E-state index in [4.69, 9.17) is 0 Å². The fourth-order valence-electron chi connectivity index (χ4n) is 1.71. The molecular weight excluding hydrogens is 265 g/mol. The third kappa shape index (κ3) is 2.37. The lowest BCUT2D eigenvalue weighted by Crippen LogP contribution is -2.49. The highest BCUT2D eigenvalue weighted by Crippen LogP contribution is 2.41. The summed E-state index contributed by atoms with van der Waals surface area (Å²) in [4.78, 5) is 11.3. The van der Waals surface area contributed by atoms with E-state index in [-0.39, 0.29) is 16.9 Å². The molecule has 0 aliphatic heterocycles. The Hall–Kier alpha value is -1.76. The van der Waals surface area contributed by atoms with Gasteiger partial charge in [0.1, 0.15) is 5.75 Å². The third-order valence-corrected chi connectivity index (χ3v) is 2.80. The van der Waals surface area contributed by atoms with Crippen molar-refractivity contribution in [2.75, 3.05) is 7.11 Å². The van der Waals surface area contributed by atoms with Crippen molar-refractivity contribution in [3.8, 4) is 5.75 Å². The molecule has 106 valence electrons. The summed E-state index contributed by atoms with van der Waals surface area (Å²) >= 11 is 0. The molecule has 19 heavy (non-hydrogen) atoms. The van der Waals surface area contributed by atoms with Crippen LogP contribution in [0.25, 0.3) is 0 Å². The van der Waals surface area contributed by atoms with Crippen LogP contribution in [-0.2, 0) is 15.1 Å². The Morgan fingerprint density at radius 3 is 1.95 bits per heavy atom. The van der Waals surface area contributed by atoms with Crippen molar-refractivity contribution in [2.24, 2.45) is 0 Å². The van der Waals surface area contributed by atoms with Crippen molar-refractivity contribution in [1.82, 2.24) is 0 Å². The van der Waals surface area contributed by atoms with Gasteiger partial charge in [-0.3, -0.25) is 0 Å².